The van der Waals surface area contributed by atoms with Crippen molar-refractivity contribution in [1.29, 1.82) is 0 Å². The standard InChI is InChI=1S/C26H31N3O3S/c1-16-10-17-6-5-9-29(18-13-28(14-18)25(31)32-26(2,3)4)23(17)21(11-16)20-7-8-27-22-12-19(15-30)33-24(20)22/h7-8,10-12,18,30H,5-6,9,13-15H2,1-4H3. The highest BCUT2D eigenvalue weighted by Gasteiger charge is 2.39. The zero-order valence-electron chi connectivity index (χ0n) is 19.7. The number of carbonyl (C=O) groups excluding carboxylic acids is 1. The van der Waals surface area contributed by atoms with Crippen molar-refractivity contribution in [2.45, 2.75) is 58.8 Å². The molecule has 0 radical (unpaired) electrons. The Balaban J connectivity index is 1.51. The number of hydrogen-bond donors (Lipinski definition) is 1. The van der Waals surface area contributed by atoms with E-state index in [4.69, 9.17) is 4.74 Å². The summed E-state index contributed by atoms with van der Waals surface area (Å²) in [6, 6.07) is 8.94. The molecule has 0 aliphatic carbocycles. The highest BCUT2D eigenvalue weighted by molar-refractivity contribution is 7.19. The summed E-state index contributed by atoms with van der Waals surface area (Å²) in [5.41, 5.74) is 6.74. The predicted molar refractivity (Wildman–Crippen MR) is 133 cm³/mol. The van der Waals surface area contributed by atoms with E-state index in [1.807, 2.05) is 33.0 Å². The van der Waals surface area contributed by atoms with Crippen molar-refractivity contribution in [3.05, 3.63) is 46.5 Å². The molecule has 0 unspecified atom stereocenters. The van der Waals surface area contributed by atoms with Crippen molar-refractivity contribution in [2.75, 3.05) is 24.5 Å². The molecule has 1 aromatic carbocycles. The molecule has 0 bridgehead atoms. The fourth-order valence-corrected chi connectivity index (χ4v) is 5.91. The molecule has 7 heteroatoms. The number of nitrogens with zero attached hydrogens (tertiary/aromatic N) is 3. The van der Waals surface area contributed by atoms with Gasteiger partial charge in [0.2, 0.25) is 0 Å². The second-order valence-electron chi connectivity index (χ2n) is 10.1. The van der Waals surface area contributed by atoms with E-state index in [0.29, 0.717) is 13.1 Å². The number of benzene rings is 1. The fraction of sp³-hybridized carbons (Fsp3) is 0.462. The van der Waals surface area contributed by atoms with Gasteiger partial charge in [0.15, 0.2) is 0 Å². The topological polar surface area (TPSA) is 65.9 Å². The van der Waals surface area contributed by atoms with Gasteiger partial charge in [-0.15, -0.1) is 11.3 Å². The first kappa shape index (κ1) is 22.2. The molecule has 0 atom stereocenters. The summed E-state index contributed by atoms with van der Waals surface area (Å²) < 4.78 is 6.67. The first-order valence-electron chi connectivity index (χ1n) is 11.6. The molecule has 5 rings (SSSR count). The zero-order valence-corrected chi connectivity index (χ0v) is 20.5. The largest absolute Gasteiger partial charge is 0.444 e. The zero-order chi connectivity index (χ0) is 23.3. The smallest absolute Gasteiger partial charge is 0.410 e. The summed E-state index contributed by atoms with van der Waals surface area (Å²) >= 11 is 1.61. The predicted octanol–water partition coefficient (Wildman–Crippen LogP) is 5.14. The van der Waals surface area contributed by atoms with Gasteiger partial charge in [-0.1, -0.05) is 11.6 Å². The maximum absolute atomic E-state index is 12.5. The number of fused-ring (bicyclic) bond motifs is 2. The van der Waals surface area contributed by atoms with Gasteiger partial charge in [0, 0.05) is 47.5 Å². The van der Waals surface area contributed by atoms with Crippen molar-refractivity contribution in [1.82, 2.24) is 9.88 Å². The molecule has 0 saturated carbocycles. The molecule has 2 aromatic heterocycles. The van der Waals surface area contributed by atoms with E-state index in [0.717, 1.165) is 34.5 Å². The van der Waals surface area contributed by atoms with Crippen LogP contribution in [-0.4, -0.2) is 52.4 Å². The van der Waals surface area contributed by atoms with E-state index in [1.54, 1.807) is 16.2 Å². The summed E-state index contributed by atoms with van der Waals surface area (Å²) in [5, 5.41) is 9.66. The average Bonchev–Trinajstić information content (AvgIpc) is 3.14. The Labute approximate surface area is 198 Å². The third-order valence-electron chi connectivity index (χ3n) is 6.33. The van der Waals surface area contributed by atoms with Crippen LogP contribution in [0.15, 0.2) is 30.5 Å². The molecule has 1 amide bonds. The van der Waals surface area contributed by atoms with E-state index in [-0.39, 0.29) is 18.7 Å². The van der Waals surface area contributed by atoms with E-state index in [1.165, 1.54) is 27.9 Å². The van der Waals surface area contributed by atoms with Crippen LogP contribution in [0.4, 0.5) is 10.5 Å². The third-order valence-corrected chi connectivity index (χ3v) is 7.47. The summed E-state index contributed by atoms with van der Waals surface area (Å²) in [5.74, 6) is 0. The molecule has 3 aromatic rings. The van der Waals surface area contributed by atoms with Crippen LogP contribution in [0.1, 0.15) is 43.2 Å². The van der Waals surface area contributed by atoms with Crippen LogP contribution in [0.25, 0.3) is 21.3 Å². The minimum atomic E-state index is -0.481. The summed E-state index contributed by atoms with van der Waals surface area (Å²) in [6.45, 7) is 10.2. The number of ether oxygens (including phenoxy) is 1. The average molecular weight is 466 g/mol. The molecule has 2 aliphatic heterocycles. The molecule has 2 aliphatic rings. The normalized spacial score (nSPS) is 16.6. The Kier molecular flexibility index (Phi) is 5.57. The number of hydrogen-bond acceptors (Lipinski definition) is 6. The number of amides is 1. The Hall–Kier alpha value is -2.64. The number of aliphatic hydroxyl groups excluding tert-OH is 1. The van der Waals surface area contributed by atoms with E-state index in [2.05, 4.69) is 35.0 Å². The van der Waals surface area contributed by atoms with Gasteiger partial charge in [-0.2, -0.15) is 0 Å². The Bertz CT molecular complexity index is 1210. The summed E-state index contributed by atoms with van der Waals surface area (Å²) in [6.07, 6.45) is 3.80. The Morgan fingerprint density at radius 1 is 1.24 bits per heavy atom. The molecule has 6 nitrogen and oxygen atoms in total. The molecule has 4 heterocycles. The summed E-state index contributed by atoms with van der Waals surface area (Å²) in [7, 11) is 0. The van der Waals surface area contributed by atoms with Crippen LogP contribution in [-0.2, 0) is 17.8 Å². The van der Waals surface area contributed by atoms with Crippen molar-refractivity contribution in [3.8, 4) is 11.1 Å². The number of pyridine rings is 1. The van der Waals surface area contributed by atoms with E-state index < -0.39 is 5.60 Å². The highest BCUT2D eigenvalue weighted by Crippen LogP contribution is 2.44. The lowest BCUT2D eigenvalue weighted by Crippen LogP contribution is -2.62. The van der Waals surface area contributed by atoms with Crippen LogP contribution < -0.4 is 4.90 Å². The number of aryl methyl sites for hydroxylation is 2. The van der Waals surface area contributed by atoms with E-state index in [9.17, 15) is 9.90 Å². The lowest BCUT2D eigenvalue weighted by molar-refractivity contribution is 0.00802. The maximum Gasteiger partial charge on any atom is 0.410 e. The van der Waals surface area contributed by atoms with Gasteiger partial charge in [-0.3, -0.25) is 4.98 Å². The second-order valence-corrected chi connectivity index (χ2v) is 11.2. The van der Waals surface area contributed by atoms with Crippen LogP contribution in [0.2, 0.25) is 0 Å². The SMILES string of the molecule is Cc1cc2c(c(-c3ccnc4cc(CO)sc34)c1)N(C1CN(C(=O)OC(C)(C)C)C1)CCC2. The molecular formula is C26H31N3O3S. The van der Waals surface area contributed by atoms with Gasteiger partial charge in [0.1, 0.15) is 5.60 Å². The number of anilines is 1. The lowest BCUT2D eigenvalue weighted by Gasteiger charge is -2.48. The minimum Gasteiger partial charge on any atom is -0.444 e. The van der Waals surface area contributed by atoms with Crippen LogP contribution in [0.5, 0.6) is 0 Å². The third kappa shape index (κ3) is 4.20. The number of carbonyl (C=O) groups is 1. The van der Waals surface area contributed by atoms with Gasteiger partial charge >= 0.3 is 6.09 Å². The van der Waals surface area contributed by atoms with Gasteiger partial charge < -0.3 is 19.6 Å². The van der Waals surface area contributed by atoms with E-state index >= 15 is 0 Å². The first-order valence-corrected chi connectivity index (χ1v) is 12.4. The molecular weight excluding hydrogens is 434 g/mol. The van der Waals surface area contributed by atoms with Crippen molar-refractivity contribution >= 4 is 33.3 Å². The van der Waals surface area contributed by atoms with Gasteiger partial charge in [-0.05, 0) is 64.3 Å². The quantitative estimate of drug-likeness (QED) is 0.580. The molecule has 1 fully saturated rings. The maximum atomic E-state index is 12.5. The molecule has 1 saturated heterocycles. The fourth-order valence-electron chi connectivity index (χ4n) is 4.91. The number of thiophene rings is 1. The van der Waals surface area contributed by atoms with Crippen LogP contribution in [0, 0.1) is 6.92 Å². The van der Waals surface area contributed by atoms with Crippen molar-refractivity contribution < 1.29 is 14.6 Å². The Morgan fingerprint density at radius 2 is 2.03 bits per heavy atom. The van der Waals surface area contributed by atoms with Crippen molar-refractivity contribution in [3.63, 3.8) is 0 Å². The number of rotatable bonds is 3. The number of aliphatic hydroxyl groups is 1. The molecule has 33 heavy (non-hydrogen) atoms. The van der Waals surface area contributed by atoms with Crippen molar-refractivity contribution in [2.24, 2.45) is 0 Å². The highest BCUT2D eigenvalue weighted by atomic mass is 32.1. The number of likely N-dealkylation sites (tertiary alicyclic amines) is 1. The van der Waals surface area contributed by atoms with Gasteiger partial charge in [0.25, 0.3) is 0 Å². The monoisotopic (exact) mass is 465 g/mol. The summed E-state index contributed by atoms with van der Waals surface area (Å²) in [4.78, 5) is 22.3. The first-order chi connectivity index (χ1) is 15.7. The van der Waals surface area contributed by atoms with Gasteiger partial charge in [-0.25, -0.2) is 4.79 Å². The Morgan fingerprint density at radius 3 is 2.76 bits per heavy atom. The number of aromatic nitrogens is 1. The molecule has 174 valence electrons. The lowest BCUT2D eigenvalue weighted by atomic mass is 9.90. The second kappa shape index (κ2) is 8.29. The van der Waals surface area contributed by atoms with Crippen LogP contribution in [0.3, 0.4) is 0 Å². The molecule has 0 spiro atoms. The van der Waals surface area contributed by atoms with Gasteiger partial charge in [0.05, 0.1) is 22.9 Å². The van der Waals surface area contributed by atoms with Crippen LogP contribution >= 0.6 is 11.3 Å². The molecule has 1 N–H and O–H groups in total. The minimum absolute atomic E-state index is 0.0289.